The third-order valence-electron chi connectivity index (χ3n) is 6.03. The van der Waals surface area contributed by atoms with E-state index < -0.39 is 0 Å². The Kier molecular flexibility index (Phi) is 4.95. The summed E-state index contributed by atoms with van der Waals surface area (Å²) in [4.78, 5) is 31.5. The normalized spacial score (nSPS) is 25.6. The maximum atomic E-state index is 13.2. The Balaban J connectivity index is 1.59. The number of amides is 2. The first-order valence-electron chi connectivity index (χ1n) is 9.65. The van der Waals surface area contributed by atoms with Gasteiger partial charge in [-0.2, -0.15) is 0 Å². The van der Waals surface area contributed by atoms with Crippen molar-refractivity contribution in [2.75, 3.05) is 58.5 Å². The fourth-order valence-corrected chi connectivity index (χ4v) is 4.38. The molecule has 4 fully saturated rings. The Morgan fingerprint density at radius 3 is 2.70 bits per heavy atom. The average molecular weight is 373 g/mol. The number of piperidine rings is 1. The van der Waals surface area contributed by atoms with Gasteiger partial charge in [0.05, 0.1) is 31.9 Å². The maximum Gasteiger partial charge on any atom is 0.254 e. The fraction of sp³-hybridized carbons (Fsp3) is 0.600. The van der Waals surface area contributed by atoms with Gasteiger partial charge in [-0.15, -0.1) is 0 Å². The number of hydrogen-bond acceptors (Lipinski definition) is 5. The van der Waals surface area contributed by atoms with E-state index in [2.05, 4.69) is 4.90 Å². The van der Waals surface area contributed by atoms with E-state index in [9.17, 15) is 9.59 Å². The van der Waals surface area contributed by atoms with E-state index in [-0.39, 0.29) is 23.8 Å². The van der Waals surface area contributed by atoms with Crippen LogP contribution in [0.25, 0.3) is 0 Å². The molecule has 2 atom stereocenters. The van der Waals surface area contributed by atoms with Crippen LogP contribution in [0, 0.1) is 5.92 Å². The standard InChI is InChI=1S/C20H27N3O4/c1-21-16-5-3-15(19(21)24)12-23(13-16)20(25)14-4-6-18(26-2)17(11-14)22-7-9-27-10-8-22/h4,6,11,15-16H,3,5,7-10,12-13H2,1-2H3/t15-,16+/m1/s1. The molecule has 0 N–H and O–H groups in total. The van der Waals surface area contributed by atoms with Gasteiger partial charge in [0, 0.05) is 44.8 Å². The number of methoxy groups -OCH3 is 1. The Labute approximate surface area is 159 Å². The number of fused-ring (bicyclic) bond motifs is 4. The summed E-state index contributed by atoms with van der Waals surface area (Å²) in [6.45, 7) is 4.02. The minimum absolute atomic E-state index is 0.00726. The second kappa shape index (κ2) is 7.38. The molecular formula is C20H27N3O4. The third kappa shape index (κ3) is 3.36. The van der Waals surface area contributed by atoms with Crippen LogP contribution in [0.3, 0.4) is 0 Å². The van der Waals surface area contributed by atoms with Crippen LogP contribution in [-0.4, -0.2) is 81.2 Å². The Bertz CT molecular complexity index is 732. The van der Waals surface area contributed by atoms with E-state index in [0.29, 0.717) is 31.9 Å². The molecule has 0 aromatic heterocycles. The zero-order valence-electron chi connectivity index (χ0n) is 16.0. The van der Waals surface area contributed by atoms with Crippen molar-refractivity contribution in [3.05, 3.63) is 23.8 Å². The van der Waals surface area contributed by atoms with Crippen LogP contribution in [0.1, 0.15) is 23.2 Å². The Hall–Kier alpha value is -2.28. The van der Waals surface area contributed by atoms with Crippen LogP contribution in [0.2, 0.25) is 0 Å². The summed E-state index contributed by atoms with van der Waals surface area (Å²) in [6, 6.07) is 5.73. The largest absolute Gasteiger partial charge is 0.495 e. The van der Waals surface area contributed by atoms with E-state index in [0.717, 1.165) is 37.4 Å². The monoisotopic (exact) mass is 373 g/mol. The van der Waals surface area contributed by atoms with Gasteiger partial charge in [0.25, 0.3) is 5.91 Å². The number of rotatable bonds is 3. The van der Waals surface area contributed by atoms with E-state index in [1.807, 2.05) is 35.0 Å². The van der Waals surface area contributed by atoms with Gasteiger partial charge >= 0.3 is 0 Å². The lowest BCUT2D eigenvalue weighted by molar-refractivity contribution is -0.138. The van der Waals surface area contributed by atoms with Crippen molar-refractivity contribution in [1.82, 2.24) is 9.80 Å². The average Bonchev–Trinajstić information content (AvgIpc) is 3.00. The molecule has 7 heteroatoms. The number of morpholine rings is 1. The first-order chi connectivity index (χ1) is 13.1. The van der Waals surface area contributed by atoms with E-state index in [4.69, 9.17) is 9.47 Å². The van der Waals surface area contributed by atoms with Crippen molar-refractivity contribution in [2.45, 2.75) is 18.9 Å². The molecule has 0 unspecified atom stereocenters. The number of likely N-dealkylation sites (N-methyl/N-ethyl adjacent to an activating group) is 1. The lowest BCUT2D eigenvalue weighted by atomic mass is 9.95. The molecule has 2 bridgehead atoms. The van der Waals surface area contributed by atoms with Crippen LogP contribution in [0.4, 0.5) is 5.69 Å². The van der Waals surface area contributed by atoms with Gasteiger partial charge in [-0.05, 0) is 31.0 Å². The first-order valence-corrected chi connectivity index (χ1v) is 9.65. The first kappa shape index (κ1) is 18.1. The molecule has 5 rings (SSSR count). The van der Waals surface area contributed by atoms with E-state index in [1.165, 1.54) is 0 Å². The molecule has 1 aromatic rings. The summed E-state index contributed by atoms with van der Waals surface area (Å²) >= 11 is 0. The van der Waals surface area contributed by atoms with Crippen LogP contribution in [0.5, 0.6) is 5.75 Å². The van der Waals surface area contributed by atoms with E-state index in [1.54, 1.807) is 7.11 Å². The molecule has 4 saturated heterocycles. The number of carbonyl (C=O) groups is 2. The molecule has 0 aliphatic carbocycles. The Morgan fingerprint density at radius 1 is 1.19 bits per heavy atom. The highest BCUT2D eigenvalue weighted by Gasteiger charge is 2.40. The van der Waals surface area contributed by atoms with Gasteiger partial charge in [-0.25, -0.2) is 0 Å². The second-order valence-corrected chi connectivity index (χ2v) is 7.57. The zero-order chi connectivity index (χ0) is 19.0. The molecule has 1 aromatic carbocycles. The quantitative estimate of drug-likeness (QED) is 0.797. The highest BCUT2D eigenvalue weighted by atomic mass is 16.5. The molecule has 146 valence electrons. The minimum atomic E-state index is -0.0744. The molecule has 0 spiro atoms. The van der Waals surface area contributed by atoms with Crippen molar-refractivity contribution in [3.8, 4) is 5.75 Å². The number of anilines is 1. The molecule has 0 radical (unpaired) electrons. The summed E-state index contributed by atoms with van der Waals surface area (Å²) in [5.41, 5.74) is 1.58. The number of carbonyl (C=O) groups excluding carboxylic acids is 2. The van der Waals surface area contributed by atoms with Crippen LogP contribution in [-0.2, 0) is 9.53 Å². The van der Waals surface area contributed by atoms with Crippen LogP contribution >= 0.6 is 0 Å². The highest BCUT2D eigenvalue weighted by Crippen LogP contribution is 2.32. The fourth-order valence-electron chi connectivity index (χ4n) is 4.38. The summed E-state index contributed by atoms with van der Waals surface area (Å²) in [6.07, 6.45) is 1.84. The molecule has 0 saturated carbocycles. The third-order valence-corrected chi connectivity index (χ3v) is 6.03. The molecular weight excluding hydrogens is 346 g/mol. The van der Waals surface area contributed by atoms with Crippen molar-refractivity contribution in [3.63, 3.8) is 0 Å². The van der Waals surface area contributed by atoms with Crippen molar-refractivity contribution < 1.29 is 19.1 Å². The molecule has 27 heavy (non-hydrogen) atoms. The number of ether oxygens (including phenoxy) is 2. The summed E-state index contributed by atoms with van der Waals surface area (Å²) in [5, 5.41) is 0. The predicted octanol–water partition coefficient (Wildman–Crippen LogP) is 1.22. The lowest BCUT2D eigenvalue weighted by Gasteiger charge is -2.32. The molecule has 4 heterocycles. The van der Waals surface area contributed by atoms with E-state index >= 15 is 0 Å². The van der Waals surface area contributed by atoms with Gasteiger partial charge in [0.1, 0.15) is 5.75 Å². The zero-order valence-corrected chi connectivity index (χ0v) is 16.0. The van der Waals surface area contributed by atoms with Gasteiger partial charge in [-0.1, -0.05) is 0 Å². The molecule has 2 amide bonds. The predicted molar refractivity (Wildman–Crippen MR) is 101 cm³/mol. The maximum absolute atomic E-state index is 13.2. The van der Waals surface area contributed by atoms with Crippen molar-refractivity contribution >= 4 is 17.5 Å². The lowest BCUT2D eigenvalue weighted by Crippen LogP contribution is -2.45. The summed E-state index contributed by atoms with van der Waals surface area (Å²) in [7, 11) is 3.51. The SMILES string of the molecule is COc1ccc(C(=O)N2C[C@H]3CC[C@@H](C2)N(C)C3=O)cc1N1CCOCC1. The minimum Gasteiger partial charge on any atom is -0.495 e. The molecule has 4 aliphatic heterocycles. The number of benzene rings is 1. The van der Waals surface area contributed by atoms with Gasteiger partial charge < -0.3 is 24.2 Å². The number of hydrogen-bond donors (Lipinski definition) is 0. The van der Waals surface area contributed by atoms with Gasteiger partial charge in [0.15, 0.2) is 0 Å². The smallest absolute Gasteiger partial charge is 0.254 e. The van der Waals surface area contributed by atoms with Crippen LogP contribution < -0.4 is 9.64 Å². The molecule has 4 aliphatic rings. The second-order valence-electron chi connectivity index (χ2n) is 7.57. The topological polar surface area (TPSA) is 62.3 Å². The highest BCUT2D eigenvalue weighted by molar-refractivity contribution is 5.96. The van der Waals surface area contributed by atoms with Crippen molar-refractivity contribution in [2.24, 2.45) is 5.92 Å². The van der Waals surface area contributed by atoms with Crippen molar-refractivity contribution in [1.29, 1.82) is 0 Å². The summed E-state index contributed by atoms with van der Waals surface area (Å²) in [5.74, 6) is 0.853. The molecule has 7 nitrogen and oxygen atoms in total. The Morgan fingerprint density at radius 2 is 1.96 bits per heavy atom. The summed E-state index contributed by atoms with van der Waals surface area (Å²) < 4.78 is 11.0. The number of nitrogens with zero attached hydrogens (tertiary/aromatic N) is 3. The van der Waals surface area contributed by atoms with Crippen LogP contribution in [0.15, 0.2) is 18.2 Å². The van der Waals surface area contributed by atoms with Gasteiger partial charge in [0.2, 0.25) is 5.91 Å². The van der Waals surface area contributed by atoms with Gasteiger partial charge in [-0.3, -0.25) is 9.59 Å².